The van der Waals surface area contributed by atoms with Gasteiger partial charge in [0.15, 0.2) is 11.5 Å². The maximum absolute atomic E-state index is 12.5. The Morgan fingerprint density at radius 2 is 1.86 bits per heavy atom. The van der Waals surface area contributed by atoms with Gasteiger partial charge in [-0.2, -0.15) is 5.10 Å². The van der Waals surface area contributed by atoms with Crippen LogP contribution in [0.15, 0.2) is 76.3 Å². The van der Waals surface area contributed by atoms with Crippen molar-refractivity contribution < 1.29 is 19.0 Å². The number of hydrogen-bond acceptors (Lipinski definition) is 5. The van der Waals surface area contributed by atoms with Gasteiger partial charge in [-0.3, -0.25) is 4.79 Å². The number of amides is 1. The number of hydrazone groups is 1. The molecule has 0 bridgehead atoms. The summed E-state index contributed by atoms with van der Waals surface area (Å²) in [5, 5.41) is 4.03. The summed E-state index contributed by atoms with van der Waals surface area (Å²) in [4.78, 5) is 12.5. The van der Waals surface area contributed by atoms with E-state index in [1.807, 2.05) is 36.4 Å². The molecular formula is C22H17BrN2O4. The number of nitrogens with zero attached hydrogens (tertiary/aromatic N) is 1. The van der Waals surface area contributed by atoms with Gasteiger partial charge in [0.25, 0.3) is 5.91 Å². The molecule has 146 valence electrons. The van der Waals surface area contributed by atoms with Crippen molar-refractivity contribution in [3.8, 4) is 17.2 Å². The molecule has 0 aromatic heterocycles. The van der Waals surface area contributed by atoms with Crippen LogP contribution < -0.4 is 19.6 Å². The molecule has 6 nitrogen and oxygen atoms in total. The van der Waals surface area contributed by atoms with Crippen molar-refractivity contribution in [3.63, 3.8) is 0 Å². The van der Waals surface area contributed by atoms with Crippen molar-refractivity contribution in [1.82, 2.24) is 5.43 Å². The lowest BCUT2D eigenvalue weighted by Gasteiger charge is -2.10. The third kappa shape index (κ3) is 4.75. The molecule has 0 fully saturated rings. The Morgan fingerprint density at radius 3 is 2.72 bits per heavy atom. The maximum atomic E-state index is 12.5. The smallest absolute Gasteiger partial charge is 0.275 e. The normalized spacial score (nSPS) is 12.2. The van der Waals surface area contributed by atoms with Crippen molar-refractivity contribution in [1.29, 1.82) is 0 Å². The van der Waals surface area contributed by atoms with Crippen molar-refractivity contribution in [2.45, 2.75) is 6.61 Å². The van der Waals surface area contributed by atoms with Crippen LogP contribution in [0.4, 0.5) is 0 Å². The van der Waals surface area contributed by atoms with Gasteiger partial charge in [0, 0.05) is 4.47 Å². The van der Waals surface area contributed by atoms with Crippen LogP contribution in [0.2, 0.25) is 0 Å². The van der Waals surface area contributed by atoms with E-state index in [1.54, 1.807) is 36.5 Å². The second kappa shape index (κ2) is 8.79. The highest BCUT2D eigenvalue weighted by Crippen LogP contribution is 2.32. The monoisotopic (exact) mass is 452 g/mol. The Hall–Kier alpha value is -3.32. The Morgan fingerprint density at radius 1 is 1.07 bits per heavy atom. The van der Waals surface area contributed by atoms with E-state index in [0.29, 0.717) is 29.4 Å². The summed E-state index contributed by atoms with van der Waals surface area (Å²) in [5.74, 6) is 1.49. The van der Waals surface area contributed by atoms with Crippen LogP contribution in [0, 0.1) is 0 Å². The quantitative estimate of drug-likeness (QED) is 0.440. The average molecular weight is 453 g/mol. The van der Waals surface area contributed by atoms with Crippen LogP contribution >= 0.6 is 15.9 Å². The standard InChI is InChI=1S/C22H17BrN2O4/c23-17-8-5-15(6-9-17)13-27-19-4-2-1-3-18(19)22(26)25-24-12-16-7-10-20-21(11-16)29-14-28-20/h1-12H,13-14H2,(H,25,26)/b24-12-. The van der Waals surface area contributed by atoms with E-state index in [9.17, 15) is 4.79 Å². The highest BCUT2D eigenvalue weighted by Gasteiger charge is 2.13. The third-order valence-electron chi connectivity index (χ3n) is 4.22. The zero-order valence-corrected chi connectivity index (χ0v) is 16.9. The van der Waals surface area contributed by atoms with Gasteiger partial charge in [-0.05, 0) is 53.6 Å². The van der Waals surface area contributed by atoms with Crippen LogP contribution in [0.1, 0.15) is 21.5 Å². The molecule has 1 N–H and O–H groups in total. The number of fused-ring (bicyclic) bond motifs is 1. The number of halogens is 1. The van der Waals surface area contributed by atoms with Crippen molar-refractivity contribution in [2.75, 3.05) is 6.79 Å². The summed E-state index contributed by atoms with van der Waals surface area (Å²) in [6.07, 6.45) is 1.55. The van der Waals surface area contributed by atoms with Crippen molar-refractivity contribution in [3.05, 3.63) is 87.9 Å². The van der Waals surface area contributed by atoms with Gasteiger partial charge in [-0.1, -0.05) is 40.2 Å². The van der Waals surface area contributed by atoms with E-state index < -0.39 is 0 Å². The fourth-order valence-electron chi connectivity index (χ4n) is 2.74. The first-order chi connectivity index (χ1) is 14.2. The first-order valence-electron chi connectivity index (χ1n) is 8.88. The van der Waals surface area contributed by atoms with E-state index in [2.05, 4.69) is 26.5 Å². The topological polar surface area (TPSA) is 69.2 Å². The molecule has 4 rings (SSSR count). The Labute approximate surface area is 176 Å². The number of rotatable bonds is 6. The molecule has 0 unspecified atom stereocenters. The minimum Gasteiger partial charge on any atom is -0.488 e. The second-order valence-electron chi connectivity index (χ2n) is 6.22. The minimum atomic E-state index is -0.353. The lowest BCUT2D eigenvalue weighted by Crippen LogP contribution is -2.18. The molecule has 0 saturated heterocycles. The molecule has 29 heavy (non-hydrogen) atoms. The van der Waals surface area contributed by atoms with Gasteiger partial charge in [0.2, 0.25) is 6.79 Å². The van der Waals surface area contributed by atoms with E-state index >= 15 is 0 Å². The van der Waals surface area contributed by atoms with Crippen LogP contribution in [-0.4, -0.2) is 18.9 Å². The fourth-order valence-corrected chi connectivity index (χ4v) is 3.01. The molecule has 1 aliphatic rings. The first-order valence-corrected chi connectivity index (χ1v) is 9.68. The van der Waals surface area contributed by atoms with Gasteiger partial charge in [0.1, 0.15) is 12.4 Å². The van der Waals surface area contributed by atoms with E-state index in [1.165, 1.54) is 0 Å². The number of para-hydroxylation sites is 1. The predicted octanol–water partition coefficient (Wildman–Crippen LogP) is 4.52. The van der Waals surface area contributed by atoms with Gasteiger partial charge >= 0.3 is 0 Å². The van der Waals surface area contributed by atoms with E-state index in [-0.39, 0.29) is 12.7 Å². The van der Waals surface area contributed by atoms with Crippen LogP contribution in [0.5, 0.6) is 17.2 Å². The van der Waals surface area contributed by atoms with Gasteiger partial charge < -0.3 is 14.2 Å². The Bertz CT molecular complexity index is 1050. The summed E-state index contributed by atoms with van der Waals surface area (Å²) in [6, 6.07) is 20.3. The molecule has 7 heteroatoms. The van der Waals surface area contributed by atoms with Crippen LogP contribution in [0.25, 0.3) is 0 Å². The van der Waals surface area contributed by atoms with Gasteiger partial charge in [-0.25, -0.2) is 5.43 Å². The summed E-state index contributed by atoms with van der Waals surface area (Å²) < 4.78 is 17.4. The van der Waals surface area contributed by atoms with Crippen molar-refractivity contribution >= 4 is 28.1 Å². The molecule has 1 heterocycles. The highest BCUT2D eigenvalue weighted by atomic mass is 79.9. The molecule has 0 spiro atoms. The molecule has 0 radical (unpaired) electrons. The van der Waals surface area contributed by atoms with E-state index in [0.717, 1.165) is 15.6 Å². The maximum Gasteiger partial charge on any atom is 0.275 e. The summed E-state index contributed by atoms with van der Waals surface area (Å²) in [6.45, 7) is 0.571. The number of ether oxygens (including phenoxy) is 3. The van der Waals surface area contributed by atoms with Crippen LogP contribution in [0.3, 0.4) is 0 Å². The minimum absolute atomic E-state index is 0.212. The SMILES string of the molecule is O=C(N/N=C\c1ccc2c(c1)OCO2)c1ccccc1OCc1ccc(Br)cc1. The highest BCUT2D eigenvalue weighted by molar-refractivity contribution is 9.10. The summed E-state index contributed by atoms with van der Waals surface area (Å²) in [5.41, 5.74) is 4.73. The lowest BCUT2D eigenvalue weighted by atomic mass is 10.2. The van der Waals surface area contributed by atoms with Gasteiger partial charge in [-0.15, -0.1) is 0 Å². The number of nitrogens with one attached hydrogen (secondary N) is 1. The van der Waals surface area contributed by atoms with Crippen LogP contribution in [-0.2, 0) is 6.61 Å². The molecule has 0 atom stereocenters. The second-order valence-corrected chi connectivity index (χ2v) is 7.14. The number of carbonyl (C=O) groups excluding carboxylic acids is 1. The van der Waals surface area contributed by atoms with Crippen molar-refractivity contribution in [2.24, 2.45) is 5.10 Å². The molecule has 3 aromatic carbocycles. The molecular weight excluding hydrogens is 436 g/mol. The molecule has 0 aliphatic carbocycles. The zero-order valence-electron chi connectivity index (χ0n) is 15.3. The summed E-state index contributed by atoms with van der Waals surface area (Å²) >= 11 is 3.41. The number of carbonyl (C=O) groups is 1. The average Bonchev–Trinajstić information content (AvgIpc) is 3.21. The largest absolute Gasteiger partial charge is 0.488 e. The lowest BCUT2D eigenvalue weighted by molar-refractivity contribution is 0.0950. The third-order valence-corrected chi connectivity index (χ3v) is 4.74. The number of hydrogen-bond donors (Lipinski definition) is 1. The summed E-state index contributed by atoms with van der Waals surface area (Å²) in [7, 11) is 0. The molecule has 0 saturated carbocycles. The Kier molecular flexibility index (Phi) is 5.76. The van der Waals surface area contributed by atoms with Gasteiger partial charge in [0.05, 0.1) is 11.8 Å². The Balaban J connectivity index is 1.40. The molecule has 1 amide bonds. The molecule has 3 aromatic rings. The first kappa shape index (κ1) is 19.0. The zero-order chi connectivity index (χ0) is 20.1. The molecule has 1 aliphatic heterocycles. The predicted molar refractivity (Wildman–Crippen MR) is 113 cm³/mol. The fraction of sp³-hybridized carbons (Fsp3) is 0.0909. The number of benzene rings is 3. The van der Waals surface area contributed by atoms with E-state index in [4.69, 9.17) is 14.2 Å².